The summed E-state index contributed by atoms with van der Waals surface area (Å²) in [5.41, 5.74) is 1.74. The van der Waals surface area contributed by atoms with E-state index < -0.39 is 0 Å². The van der Waals surface area contributed by atoms with E-state index in [2.05, 4.69) is 21.2 Å². The molecule has 0 aliphatic carbocycles. The second-order valence-corrected chi connectivity index (χ2v) is 3.95. The Kier molecular flexibility index (Phi) is 4.78. The van der Waals surface area contributed by atoms with Crippen molar-refractivity contribution in [3.8, 4) is 0 Å². The molecule has 1 aromatic rings. The summed E-state index contributed by atoms with van der Waals surface area (Å²) in [6.45, 7) is 1.70. The molecule has 3 nitrogen and oxygen atoms in total. The van der Waals surface area contributed by atoms with Crippen LogP contribution in [0.15, 0.2) is 24.3 Å². The van der Waals surface area contributed by atoms with Gasteiger partial charge in [-0.3, -0.25) is 4.79 Å². The molecule has 0 spiro atoms. The van der Waals surface area contributed by atoms with E-state index >= 15 is 0 Å². The molecule has 82 valence electrons. The number of amides is 1. The van der Waals surface area contributed by atoms with E-state index in [4.69, 9.17) is 5.11 Å². The fourth-order valence-corrected chi connectivity index (χ4v) is 1.47. The quantitative estimate of drug-likeness (QED) is 0.819. The first kappa shape index (κ1) is 12.2. The zero-order valence-electron chi connectivity index (χ0n) is 8.53. The van der Waals surface area contributed by atoms with Crippen LogP contribution in [0.25, 0.3) is 0 Å². The molecule has 0 aliphatic heterocycles. The molecule has 0 saturated heterocycles. The summed E-state index contributed by atoms with van der Waals surface area (Å²) < 4.78 is 0. The molecule has 1 aromatic carbocycles. The zero-order chi connectivity index (χ0) is 11.3. The first-order valence-electron chi connectivity index (χ1n) is 4.74. The van der Waals surface area contributed by atoms with Crippen LogP contribution in [0.4, 0.5) is 0 Å². The maximum atomic E-state index is 11.6. The molecule has 15 heavy (non-hydrogen) atoms. The second kappa shape index (κ2) is 5.88. The van der Waals surface area contributed by atoms with Gasteiger partial charge in [0.2, 0.25) is 0 Å². The van der Waals surface area contributed by atoms with Crippen molar-refractivity contribution in [2.24, 2.45) is 0 Å². The molecular weight excluding hydrogens is 258 g/mol. The van der Waals surface area contributed by atoms with Crippen molar-refractivity contribution in [2.45, 2.75) is 18.3 Å². The maximum absolute atomic E-state index is 11.6. The Labute approximate surface area is 97.6 Å². The van der Waals surface area contributed by atoms with Crippen molar-refractivity contribution in [2.75, 3.05) is 6.61 Å². The average Bonchev–Trinajstić information content (AvgIpc) is 2.29. The van der Waals surface area contributed by atoms with E-state index in [0.717, 1.165) is 10.9 Å². The minimum absolute atomic E-state index is 0.0504. The number of aliphatic hydroxyl groups excluding tert-OH is 1. The lowest BCUT2D eigenvalue weighted by molar-refractivity contribution is 0.0922. The molecule has 1 amide bonds. The van der Waals surface area contributed by atoms with Gasteiger partial charge >= 0.3 is 0 Å². The third kappa shape index (κ3) is 3.64. The van der Waals surface area contributed by atoms with Gasteiger partial charge < -0.3 is 10.4 Å². The summed E-state index contributed by atoms with van der Waals surface area (Å²) in [7, 11) is 0. The van der Waals surface area contributed by atoms with Gasteiger partial charge in [0.25, 0.3) is 5.91 Å². The zero-order valence-corrected chi connectivity index (χ0v) is 10.1. The Hall–Kier alpha value is -0.870. The standard InChI is InChI=1S/C11H14BrNO2/c1-8(7-14)13-11(15)10-4-2-9(6-12)3-5-10/h2-5,8,14H,6-7H2,1H3,(H,13,15). The van der Waals surface area contributed by atoms with Gasteiger partial charge in [0.1, 0.15) is 0 Å². The number of alkyl halides is 1. The highest BCUT2D eigenvalue weighted by Gasteiger charge is 2.08. The summed E-state index contributed by atoms with van der Waals surface area (Å²) in [6.07, 6.45) is 0. The predicted octanol–water partition coefficient (Wildman–Crippen LogP) is 1.69. The van der Waals surface area contributed by atoms with Crippen LogP contribution in [0.1, 0.15) is 22.8 Å². The number of rotatable bonds is 4. The van der Waals surface area contributed by atoms with Gasteiger partial charge in [-0.25, -0.2) is 0 Å². The smallest absolute Gasteiger partial charge is 0.251 e. The first-order valence-corrected chi connectivity index (χ1v) is 5.86. The van der Waals surface area contributed by atoms with Crippen LogP contribution < -0.4 is 5.32 Å². The van der Waals surface area contributed by atoms with Gasteiger partial charge in [0, 0.05) is 16.9 Å². The van der Waals surface area contributed by atoms with Gasteiger partial charge in [-0.1, -0.05) is 28.1 Å². The van der Waals surface area contributed by atoms with Gasteiger partial charge in [0.05, 0.1) is 6.61 Å². The lowest BCUT2D eigenvalue weighted by Crippen LogP contribution is -2.34. The van der Waals surface area contributed by atoms with Crippen molar-refractivity contribution in [3.05, 3.63) is 35.4 Å². The first-order chi connectivity index (χ1) is 7.17. The molecule has 1 rings (SSSR count). The summed E-state index contributed by atoms with van der Waals surface area (Å²) in [5.74, 6) is -0.155. The van der Waals surface area contributed by atoms with Crippen LogP contribution in [0.5, 0.6) is 0 Å². The van der Waals surface area contributed by atoms with Crippen molar-refractivity contribution in [3.63, 3.8) is 0 Å². The van der Waals surface area contributed by atoms with Crippen LogP contribution in [0.2, 0.25) is 0 Å². The van der Waals surface area contributed by atoms with Crippen LogP contribution in [0.3, 0.4) is 0 Å². The Morgan fingerprint density at radius 3 is 2.53 bits per heavy atom. The Morgan fingerprint density at radius 2 is 2.07 bits per heavy atom. The van der Waals surface area contributed by atoms with Crippen LogP contribution in [-0.4, -0.2) is 23.7 Å². The van der Waals surface area contributed by atoms with E-state index in [0.29, 0.717) is 5.56 Å². The van der Waals surface area contributed by atoms with E-state index in [1.54, 1.807) is 19.1 Å². The minimum atomic E-state index is -0.214. The number of halogens is 1. The molecule has 0 aromatic heterocycles. The molecule has 0 radical (unpaired) electrons. The molecule has 1 unspecified atom stereocenters. The lowest BCUT2D eigenvalue weighted by Gasteiger charge is -2.10. The molecule has 0 heterocycles. The molecule has 0 saturated carbocycles. The van der Waals surface area contributed by atoms with Crippen molar-refractivity contribution in [1.82, 2.24) is 5.32 Å². The van der Waals surface area contributed by atoms with E-state index in [1.165, 1.54) is 0 Å². The van der Waals surface area contributed by atoms with E-state index in [-0.39, 0.29) is 18.6 Å². The van der Waals surface area contributed by atoms with Crippen molar-refractivity contribution < 1.29 is 9.90 Å². The largest absolute Gasteiger partial charge is 0.394 e. The normalized spacial score (nSPS) is 12.2. The Balaban J connectivity index is 2.66. The molecule has 2 N–H and O–H groups in total. The Morgan fingerprint density at radius 1 is 1.47 bits per heavy atom. The molecule has 0 fully saturated rings. The third-order valence-corrected chi connectivity index (χ3v) is 2.67. The van der Waals surface area contributed by atoms with Gasteiger partial charge in [-0.15, -0.1) is 0 Å². The van der Waals surface area contributed by atoms with Gasteiger partial charge in [0.15, 0.2) is 0 Å². The Bertz CT molecular complexity index is 324. The number of hydrogen-bond donors (Lipinski definition) is 2. The fourth-order valence-electron chi connectivity index (χ4n) is 1.10. The highest BCUT2D eigenvalue weighted by molar-refractivity contribution is 9.08. The minimum Gasteiger partial charge on any atom is -0.394 e. The topological polar surface area (TPSA) is 49.3 Å². The molecule has 1 atom stereocenters. The number of aliphatic hydroxyl groups is 1. The SMILES string of the molecule is CC(CO)NC(=O)c1ccc(CBr)cc1. The monoisotopic (exact) mass is 271 g/mol. The highest BCUT2D eigenvalue weighted by Crippen LogP contribution is 2.07. The third-order valence-electron chi connectivity index (χ3n) is 2.02. The summed E-state index contributed by atoms with van der Waals surface area (Å²) in [4.78, 5) is 11.6. The molecule has 0 bridgehead atoms. The van der Waals surface area contributed by atoms with E-state index in [1.807, 2.05) is 12.1 Å². The number of nitrogens with one attached hydrogen (secondary N) is 1. The summed E-state index contributed by atoms with van der Waals surface area (Å²) in [5, 5.41) is 12.3. The number of benzene rings is 1. The maximum Gasteiger partial charge on any atom is 0.251 e. The highest BCUT2D eigenvalue weighted by atomic mass is 79.9. The lowest BCUT2D eigenvalue weighted by atomic mass is 10.1. The molecular formula is C11H14BrNO2. The molecule has 4 heteroatoms. The van der Waals surface area contributed by atoms with Crippen molar-refractivity contribution >= 4 is 21.8 Å². The number of carbonyl (C=O) groups excluding carboxylic acids is 1. The average molecular weight is 272 g/mol. The predicted molar refractivity (Wildman–Crippen MR) is 63.1 cm³/mol. The summed E-state index contributed by atoms with van der Waals surface area (Å²) in [6, 6.07) is 7.13. The number of hydrogen-bond acceptors (Lipinski definition) is 2. The van der Waals surface area contributed by atoms with Crippen LogP contribution >= 0.6 is 15.9 Å². The van der Waals surface area contributed by atoms with Gasteiger partial charge in [-0.2, -0.15) is 0 Å². The van der Waals surface area contributed by atoms with E-state index in [9.17, 15) is 4.79 Å². The van der Waals surface area contributed by atoms with Gasteiger partial charge in [-0.05, 0) is 24.6 Å². The van der Waals surface area contributed by atoms with Crippen LogP contribution in [0, 0.1) is 0 Å². The fraction of sp³-hybridized carbons (Fsp3) is 0.364. The second-order valence-electron chi connectivity index (χ2n) is 3.39. The number of carbonyl (C=O) groups is 1. The van der Waals surface area contributed by atoms with Crippen LogP contribution in [-0.2, 0) is 5.33 Å². The molecule has 0 aliphatic rings. The summed E-state index contributed by atoms with van der Waals surface area (Å²) >= 11 is 3.34. The van der Waals surface area contributed by atoms with Crippen molar-refractivity contribution in [1.29, 1.82) is 0 Å².